The number of fused-ring (bicyclic) bond motifs is 2. The molecule has 0 radical (unpaired) electrons. The Morgan fingerprint density at radius 2 is 1.52 bits per heavy atom. The summed E-state index contributed by atoms with van der Waals surface area (Å²) < 4.78 is 32.4. The topological polar surface area (TPSA) is 101 Å². The average molecular weight is 593 g/mol. The highest BCUT2D eigenvalue weighted by molar-refractivity contribution is 5.66. The van der Waals surface area contributed by atoms with E-state index in [-0.39, 0.29) is 47.0 Å². The van der Waals surface area contributed by atoms with Crippen LogP contribution in [-0.4, -0.2) is 63.5 Å². The predicted octanol–water partition coefficient (Wildman–Crippen LogP) is 6.25. The number of hydrogen-bond acceptors (Lipinski definition) is 8. The van der Waals surface area contributed by atoms with Crippen LogP contribution in [0.5, 0.6) is 0 Å². The Kier molecular flexibility index (Phi) is 7.78. The third-order valence-corrected chi connectivity index (χ3v) is 13.0. The van der Waals surface area contributed by atoms with E-state index >= 15 is 0 Å². The molecule has 0 aromatic heterocycles. The van der Waals surface area contributed by atoms with Crippen LogP contribution < -0.4 is 0 Å². The highest BCUT2D eigenvalue weighted by Gasteiger charge is 2.72. The zero-order valence-corrected chi connectivity index (χ0v) is 27.8. The van der Waals surface area contributed by atoms with Crippen LogP contribution in [0.25, 0.3) is 0 Å². The van der Waals surface area contributed by atoms with E-state index < -0.39 is 28.2 Å². The molecule has 3 aliphatic heterocycles. The Morgan fingerprint density at radius 3 is 2.17 bits per heavy atom. The molecule has 1 N–H and O–H groups in total. The van der Waals surface area contributed by atoms with Crippen molar-refractivity contribution in [3.63, 3.8) is 0 Å². The van der Waals surface area contributed by atoms with E-state index in [4.69, 9.17) is 23.7 Å². The van der Waals surface area contributed by atoms with Gasteiger partial charge in [-0.15, -0.1) is 0 Å². The Hall–Kier alpha value is -1.22. The predicted molar refractivity (Wildman–Crippen MR) is 157 cm³/mol. The van der Waals surface area contributed by atoms with Gasteiger partial charge in [-0.2, -0.15) is 0 Å². The summed E-state index contributed by atoms with van der Waals surface area (Å²) in [5.74, 6) is -1.48. The molecule has 42 heavy (non-hydrogen) atoms. The first-order chi connectivity index (χ1) is 19.2. The first-order valence-electron chi connectivity index (χ1n) is 16.4. The number of aliphatic hydroxyl groups is 1. The third kappa shape index (κ3) is 4.76. The number of ether oxygens (including phenoxy) is 5. The molecule has 2 saturated carbocycles. The summed E-state index contributed by atoms with van der Waals surface area (Å²) in [5, 5.41) is 11.6. The van der Waals surface area contributed by atoms with Crippen LogP contribution in [0.2, 0.25) is 0 Å². The molecule has 5 rings (SSSR count). The van der Waals surface area contributed by atoms with Gasteiger partial charge in [0.15, 0.2) is 5.79 Å². The van der Waals surface area contributed by atoms with Crippen LogP contribution in [0.15, 0.2) is 0 Å². The van der Waals surface area contributed by atoms with Gasteiger partial charge in [0, 0.05) is 37.0 Å². The highest BCUT2D eigenvalue weighted by Crippen LogP contribution is 2.66. The van der Waals surface area contributed by atoms with E-state index in [2.05, 4.69) is 27.7 Å². The van der Waals surface area contributed by atoms with Crippen LogP contribution in [0.1, 0.15) is 133 Å². The fourth-order valence-electron chi connectivity index (χ4n) is 10.1. The minimum Gasteiger partial charge on any atom is -0.460 e. The van der Waals surface area contributed by atoms with Crippen molar-refractivity contribution < 1.29 is 38.4 Å². The molecule has 5 aliphatic rings. The molecule has 0 amide bonds. The van der Waals surface area contributed by atoms with Crippen molar-refractivity contribution >= 4 is 11.9 Å². The lowest BCUT2D eigenvalue weighted by Crippen LogP contribution is -2.70. The van der Waals surface area contributed by atoms with Crippen LogP contribution >= 0.6 is 0 Å². The van der Waals surface area contributed by atoms with E-state index in [9.17, 15) is 14.7 Å². The summed E-state index contributed by atoms with van der Waals surface area (Å²) in [7, 11) is 0. The van der Waals surface area contributed by atoms with Gasteiger partial charge >= 0.3 is 11.9 Å². The van der Waals surface area contributed by atoms with Crippen LogP contribution in [0, 0.1) is 22.7 Å². The molecule has 10 unspecified atom stereocenters. The third-order valence-electron chi connectivity index (χ3n) is 13.0. The summed E-state index contributed by atoms with van der Waals surface area (Å²) in [6.45, 7) is 20.0. The van der Waals surface area contributed by atoms with Gasteiger partial charge in [-0.1, -0.05) is 20.8 Å². The smallest absolute Gasteiger partial charge is 0.303 e. The Bertz CT molecular complexity index is 1090. The lowest BCUT2D eigenvalue weighted by Gasteiger charge is -2.63. The van der Waals surface area contributed by atoms with Gasteiger partial charge in [-0.3, -0.25) is 9.59 Å². The molecule has 240 valence electrons. The van der Waals surface area contributed by atoms with Crippen molar-refractivity contribution in [3.05, 3.63) is 0 Å². The van der Waals surface area contributed by atoms with Crippen molar-refractivity contribution in [3.8, 4) is 0 Å². The maximum absolute atomic E-state index is 12.5. The fraction of sp³-hybridized carbons (Fsp3) is 0.941. The Morgan fingerprint density at radius 1 is 0.833 bits per heavy atom. The molecule has 3 heterocycles. The molecule has 0 aromatic carbocycles. The molecule has 1 spiro atoms. The van der Waals surface area contributed by atoms with Crippen molar-refractivity contribution in [1.29, 1.82) is 0 Å². The molecular weight excluding hydrogens is 536 g/mol. The van der Waals surface area contributed by atoms with Gasteiger partial charge in [0.25, 0.3) is 0 Å². The number of rotatable bonds is 5. The van der Waals surface area contributed by atoms with Gasteiger partial charge < -0.3 is 28.8 Å². The van der Waals surface area contributed by atoms with Gasteiger partial charge in [0.2, 0.25) is 0 Å². The molecule has 3 saturated heterocycles. The Labute approximate surface area is 252 Å². The second-order valence-electron chi connectivity index (χ2n) is 16.2. The van der Waals surface area contributed by atoms with Crippen LogP contribution in [-0.2, 0) is 33.3 Å². The number of carbonyl (C=O) groups is 2. The van der Waals surface area contributed by atoms with Gasteiger partial charge in [-0.25, -0.2) is 0 Å². The van der Waals surface area contributed by atoms with Crippen molar-refractivity contribution in [2.75, 3.05) is 0 Å². The quantitative estimate of drug-likeness (QED) is 0.374. The second-order valence-corrected chi connectivity index (χ2v) is 16.2. The van der Waals surface area contributed by atoms with E-state index in [1.807, 2.05) is 27.7 Å². The lowest BCUT2D eigenvalue weighted by molar-refractivity contribution is -0.410. The lowest BCUT2D eigenvalue weighted by atomic mass is 9.51. The van der Waals surface area contributed by atoms with Gasteiger partial charge in [0.05, 0.1) is 17.8 Å². The normalized spacial score (nSPS) is 49.3. The van der Waals surface area contributed by atoms with Gasteiger partial charge in [-0.05, 0) is 98.3 Å². The molecule has 8 nitrogen and oxygen atoms in total. The second kappa shape index (κ2) is 10.1. The summed E-state index contributed by atoms with van der Waals surface area (Å²) >= 11 is 0. The Balaban J connectivity index is 1.49. The average Bonchev–Trinajstić information content (AvgIpc) is 3.16. The molecule has 8 heteroatoms. The summed E-state index contributed by atoms with van der Waals surface area (Å²) in [4.78, 5) is 24.5. The van der Waals surface area contributed by atoms with E-state index in [0.29, 0.717) is 25.2 Å². The molecule has 0 aromatic rings. The maximum atomic E-state index is 12.5. The zero-order chi connectivity index (χ0) is 31.1. The number of carbonyl (C=O) groups excluding carboxylic acids is 2. The number of hydrogen-bond donors (Lipinski definition) is 1. The molecule has 2 aliphatic carbocycles. The van der Waals surface area contributed by atoms with Gasteiger partial charge in [0.1, 0.15) is 22.9 Å². The van der Waals surface area contributed by atoms with Crippen molar-refractivity contribution in [1.82, 2.24) is 0 Å². The van der Waals surface area contributed by atoms with Crippen LogP contribution in [0.3, 0.4) is 0 Å². The highest BCUT2D eigenvalue weighted by atomic mass is 16.7. The monoisotopic (exact) mass is 592 g/mol. The number of esters is 2. The maximum Gasteiger partial charge on any atom is 0.303 e. The molecule has 2 bridgehead atoms. The standard InChI is InChI=1S/C34H56O8/c1-21-11-12-27-33(19-20-34(37,42-33)29(6,7)41-27)31(21,9)17-13-24-30(8)16-14-25(38-22(2)35)28(4,5)40-26(30)15-18-32(24,10)39-23(3)36/h21,24-27,37H,11-20H2,1-10H3. The largest absolute Gasteiger partial charge is 0.460 e. The first-order valence-corrected chi connectivity index (χ1v) is 16.4. The minimum atomic E-state index is -1.30. The fourth-order valence-corrected chi connectivity index (χ4v) is 10.1. The van der Waals surface area contributed by atoms with E-state index in [1.54, 1.807) is 0 Å². The molecule has 5 fully saturated rings. The molecular formula is C34H56O8. The summed E-state index contributed by atoms with van der Waals surface area (Å²) in [5.41, 5.74) is -3.16. The van der Waals surface area contributed by atoms with E-state index in [1.165, 1.54) is 13.8 Å². The SMILES string of the molecule is CC(=O)OC1CCC2(C)C(CCC(C)(OC(C)=O)C2CCC2(C)C(C)CCC3OC(C)(C)C4(O)CCC32O4)OC1(C)C. The summed E-state index contributed by atoms with van der Waals surface area (Å²) in [6, 6.07) is 0. The van der Waals surface area contributed by atoms with Crippen LogP contribution in [0.4, 0.5) is 0 Å². The minimum absolute atomic E-state index is 0.0153. The van der Waals surface area contributed by atoms with Crippen molar-refractivity contribution in [2.24, 2.45) is 22.7 Å². The zero-order valence-electron chi connectivity index (χ0n) is 27.8. The summed E-state index contributed by atoms with van der Waals surface area (Å²) in [6.07, 6.45) is 7.45. The van der Waals surface area contributed by atoms with Crippen molar-refractivity contribution in [2.45, 2.75) is 180 Å². The van der Waals surface area contributed by atoms with E-state index in [0.717, 1.165) is 44.9 Å². The first kappa shape index (κ1) is 32.2. The molecule has 10 atom stereocenters.